The van der Waals surface area contributed by atoms with Crippen LogP contribution in [0.4, 0.5) is 13.2 Å². The zero-order valence-corrected chi connectivity index (χ0v) is 14.2. The van der Waals surface area contributed by atoms with Crippen LogP contribution in [-0.4, -0.2) is 50.5 Å². The molecule has 0 atom stereocenters. The molecule has 0 unspecified atom stereocenters. The number of ether oxygens (including phenoxy) is 2. The van der Waals surface area contributed by atoms with Crippen LogP contribution in [0.1, 0.15) is 25.3 Å². The summed E-state index contributed by atoms with van der Waals surface area (Å²) >= 11 is 0. The fraction of sp³-hybridized carbons (Fsp3) is 0.647. The van der Waals surface area contributed by atoms with Crippen molar-refractivity contribution in [3.63, 3.8) is 0 Å². The van der Waals surface area contributed by atoms with Crippen molar-refractivity contribution in [1.29, 1.82) is 0 Å². The number of nitrogens with zero attached hydrogens (tertiary/aromatic N) is 1. The van der Waals surface area contributed by atoms with Crippen molar-refractivity contribution in [2.24, 2.45) is 0 Å². The van der Waals surface area contributed by atoms with Crippen molar-refractivity contribution in [3.8, 4) is 11.5 Å². The molecule has 0 aromatic heterocycles. The Labute approximate surface area is 140 Å². The van der Waals surface area contributed by atoms with Crippen LogP contribution in [0.25, 0.3) is 0 Å². The van der Waals surface area contributed by atoms with Gasteiger partial charge in [-0.15, -0.1) is 0 Å². The van der Waals surface area contributed by atoms with Gasteiger partial charge in [0.2, 0.25) is 0 Å². The van der Waals surface area contributed by atoms with Crippen LogP contribution in [0.3, 0.4) is 0 Å². The predicted octanol–water partition coefficient (Wildman–Crippen LogP) is 3.21. The molecule has 1 aromatic carbocycles. The van der Waals surface area contributed by atoms with E-state index in [2.05, 4.69) is 17.3 Å². The van der Waals surface area contributed by atoms with Gasteiger partial charge in [0.15, 0.2) is 18.1 Å². The first-order chi connectivity index (χ1) is 11.4. The molecule has 1 saturated heterocycles. The van der Waals surface area contributed by atoms with Gasteiger partial charge in [-0.2, -0.15) is 13.2 Å². The number of rotatable bonds is 7. The van der Waals surface area contributed by atoms with Crippen LogP contribution >= 0.6 is 0 Å². The molecule has 4 nitrogen and oxygen atoms in total. The Morgan fingerprint density at radius 1 is 1.17 bits per heavy atom. The number of alkyl halides is 3. The van der Waals surface area contributed by atoms with Crippen molar-refractivity contribution in [3.05, 3.63) is 23.8 Å². The third-order valence-corrected chi connectivity index (χ3v) is 4.01. The lowest BCUT2D eigenvalue weighted by atomic mass is 10.1. The summed E-state index contributed by atoms with van der Waals surface area (Å²) in [6, 6.07) is 5.54. The van der Waals surface area contributed by atoms with Crippen molar-refractivity contribution < 1.29 is 22.6 Å². The highest BCUT2D eigenvalue weighted by atomic mass is 19.4. The van der Waals surface area contributed by atoms with Crippen LogP contribution in [0.5, 0.6) is 11.5 Å². The van der Waals surface area contributed by atoms with Gasteiger partial charge < -0.3 is 19.7 Å². The van der Waals surface area contributed by atoms with Gasteiger partial charge >= 0.3 is 6.18 Å². The van der Waals surface area contributed by atoms with E-state index in [9.17, 15) is 13.2 Å². The van der Waals surface area contributed by atoms with E-state index in [1.165, 1.54) is 0 Å². The molecule has 0 radical (unpaired) electrons. The second-order valence-corrected chi connectivity index (χ2v) is 6.08. The summed E-state index contributed by atoms with van der Waals surface area (Å²) in [5.41, 5.74) is 0.969. The number of hydrogen-bond donors (Lipinski definition) is 1. The van der Waals surface area contributed by atoms with Crippen molar-refractivity contribution in [2.45, 2.75) is 38.5 Å². The number of hydrogen-bond acceptors (Lipinski definition) is 4. The summed E-state index contributed by atoms with van der Waals surface area (Å²) in [5, 5.41) is 3.50. The minimum absolute atomic E-state index is 0.122. The van der Waals surface area contributed by atoms with Gasteiger partial charge in [-0.05, 0) is 57.6 Å². The molecule has 1 N–H and O–H groups in total. The van der Waals surface area contributed by atoms with E-state index in [1.54, 1.807) is 25.1 Å². The van der Waals surface area contributed by atoms with E-state index in [1.807, 2.05) is 0 Å². The Bertz CT molecular complexity index is 515. The van der Waals surface area contributed by atoms with E-state index in [0.717, 1.165) is 31.5 Å². The third kappa shape index (κ3) is 6.20. The highest BCUT2D eigenvalue weighted by molar-refractivity contribution is 5.43. The molecule has 24 heavy (non-hydrogen) atoms. The smallest absolute Gasteiger partial charge is 0.422 e. The summed E-state index contributed by atoms with van der Waals surface area (Å²) < 4.78 is 47.2. The van der Waals surface area contributed by atoms with Crippen LogP contribution < -0.4 is 14.8 Å². The molecule has 136 valence electrons. The largest absolute Gasteiger partial charge is 0.490 e. The Balaban J connectivity index is 1.94. The van der Waals surface area contributed by atoms with Crippen LogP contribution in [-0.2, 0) is 6.54 Å². The van der Waals surface area contributed by atoms with Gasteiger partial charge in [0, 0.05) is 12.6 Å². The highest BCUT2D eigenvalue weighted by Gasteiger charge is 2.29. The van der Waals surface area contributed by atoms with E-state index in [-0.39, 0.29) is 5.75 Å². The molecule has 1 aliphatic heterocycles. The average Bonchev–Trinajstić information content (AvgIpc) is 2.53. The summed E-state index contributed by atoms with van der Waals surface area (Å²) in [4.78, 5) is 2.30. The molecule has 0 aliphatic carbocycles. The van der Waals surface area contributed by atoms with Gasteiger partial charge in [0.05, 0.1) is 6.61 Å². The molecule has 1 aliphatic rings. The summed E-state index contributed by atoms with van der Waals surface area (Å²) in [6.07, 6.45) is -2.17. The standard InChI is InChI=1S/C17H25F3N2O2/c1-3-23-16-10-13(4-5-15(16)24-12-17(18,19)20)11-21-14-6-8-22(2)9-7-14/h4-5,10,14,21H,3,6-9,11-12H2,1-2H3. The van der Waals surface area contributed by atoms with E-state index in [4.69, 9.17) is 9.47 Å². The van der Waals surface area contributed by atoms with Gasteiger partial charge in [-0.3, -0.25) is 0 Å². The summed E-state index contributed by atoms with van der Waals surface area (Å²) in [5.74, 6) is 0.474. The average molecular weight is 346 g/mol. The monoisotopic (exact) mass is 346 g/mol. The number of piperidine rings is 1. The van der Waals surface area contributed by atoms with Crippen molar-refractivity contribution in [2.75, 3.05) is 33.4 Å². The van der Waals surface area contributed by atoms with Gasteiger partial charge in [-0.1, -0.05) is 6.07 Å². The zero-order valence-electron chi connectivity index (χ0n) is 14.2. The fourth-order valence-corrected chi connectivity index (χ4v) is 2.68. The van der Waals surface area contributed by atoms with E-state index < -0.39 is 12.8 Å². The number of halogens is 3. The fourth-order valence-electron chi connectivity index (χ4n) is 2.68. The predicted molar refractivity (Wildman–Crippen MR) is 86.5 cm³/mol. The highest BCUT2D eigenvalue weighted by Crippen LogP contribution is 2.30. The molecule has 2 rings (SSSR count). The maximum absolute atomic E-state index is 12.3. The Morgan fingerprint density at radius 2 is 1.88 bits per heavy atom. The summed E-state index contributed by atoms with van der Waals surface area (Å²) in [6.45, 7) is 3.65. The normalized spacial score (nSPS) is 17.0. The lowest BCUT2D eigenvalue weighted by Crippen LogP contribution is -2.40. The topological polar surface area (TPSA) is 33.7 Å². The Hall–Kier alpha value is -1.47. The lowest BCUT2D eigenvalue weighted by Gasteiger charge is -2.29. The third-order valence-electron chi connectivity index (χ3n) is 4.01. The SMILES string of the molecule is CCOc1cc(CNC2CCN(C)CC2)ccc1OCC(F)(F)F. The zero-order chi connectivity index (χ0) is 17.6. The van der Waals surface area contributed by atoms with Crippen molar-refractivity contribution in [1.82, 2.24) is 10.2 Å². The molecule has 0 spiro atoms. The first kappa shape index (κ1) is 18.9. The molecule has 1 fully saturated rings. The minimum atomic E-state index is -4.36. The summed E-state index contributed by atoms with van der Waals surface area (Å²) in [7, 11) is 2.12. The Morgan fingerprint density at radius 3 is 2.50 bits per heavy atom. The van der Waals surface area contributed by atoms with Crippen LogP contribution in [0, 0.1) is 0 Å². The molecule has 0 saturated carbocycles. The molecular formula is C17H25F3N2O2. The molecule has 0 bridgehead atoms. The van der Waals surface area contributed by atoms with Crippen molar-refractivity contribution >= 4 is 0 Å². The molecule has 0 amide bonds. The molecular weight excluding hydrogens is 321 g/mol. The molecule has 7 heteroatoms. The molecule has 1 aromatic rings. The number of benzene rings is 1. The van der Waals surface area contributed by atoms with Gasteiger partial charge in [0.25, 0.3) is 0 Å². The van der Waals surface area contributed by atoms with Crippen LogP contribution in [0.2, 0.25) is 0 Å². The minimum Gasteiger partial charge on any atom is -0.490 e. The maximum atomic E-state index is 12.3. The quantitative estimate of drug-likeness (QED) is 0.822. The van der Waals surface area contributed by atoms with Gasteiger partial charge in [-0.25, -0.2) is 0 Å². The van der Waals surface area contributed by atoms with E-state index in [0.29, 0.717) is 24.9 Å². The first-order valence-corrected chi connectivity index (χ1v) is 8.24. The van der Waals surface area contributed by atoms with E-state index >= 15 is 0 Å². The maximum Gasteiger partial charge on any atom is 0.422 e. The number of likely N-dealkylation sites (tertiary alicyclic amines) is 1. The lowest BCUT2D eigenvalue weighted by molar-refractivity contribution is -0.153. The number of nitrogens with one attached hydrogen (secondary N) is 1. The second kappa shape index (κ2) is 8.58. The first-order valence-electron chi connectivity index (χ1n) is 8.24. The second-order valence-electron chi connectivity index (χ2n) is 6.08. The van der Waals surface area contributed by atoms with Crippen LogP contribution in [0.15, 0.2) is 18.2 Å². The Kier molecular flexibility index (Phi) is 6.74. The van der Waals surface area contributed by atoms with Gasteiger partial charge in [0.1, 0.15) is 0 Å². The molecule has 1 heterocycles.